The number of nitrogens with zero attached hydrogens (tertiary/aromatic N) is 3. The molecule has 3 heterocycles. The third-order valence-corrected chi connectivity index (χ3v) is 6.07. The van der Waals surface area contributed by atoms with E-state index in [1.165, 1.54) is 10.8 Å². The van der Waals surface area contributed by atoms with Gasteiger partial charge in [0.05, 0.1) is 23.8 Å². The molecule has 2 amide bonds. The molecule has 0 radical (unpaired) electrons. The van der Waals surface area contributed by atoms with Crippen LogP contribution in [-0.2, 0) is 33.8 Å². The third-order valence-electron chi connectivity index (χ3n) is 5.09. The van der Waals surface area contributed by atoms with Crippen LogP contribution in [-0.4, -0.2) is 43.1 Å². The summed E-state index contributed by atoms with van der Waals surface area (Å²) in [5, 5.41) is 1.59. The number of nitrogens with one attached hydrogen (secondary N) is 1. The van der Waals surface area contributed by atoms with E-state index in [1.54, 1.807) is 31.2 Å². The van der Waals surface area contributed by atoms with Gasteiger partial charge in [-0.15, -0.1) is 0 Å². The Morgan fingerprint density at radius 1 is 1.12 bits per heavy atom. The SMILES string of the molecule is CCOC(=O)Cn1c(=O)c2cccnc2n(Cc2cccc(CC3SC(=O)NC3=O)c2)c1=O. The topological polar surface area (TPSA) is 129 Å². The van der Waals surface area contributed by atoms with Gasteiger partial charge < -0.3 is 4.74 Å². The Morgan fingerprint density at radius 3 is 2.64 bits per heavy atom. The fourth-order valence-corrected chi connectivity index (χ4v) is 4.50. The minimum atomic E-state index is -0.685. The maximum atomic E-state index is 13.2. The van der Waals surface area contributed by atoms with Crippen LogP contribution in [0, 0.1) is 0 Å². The Morgan fingerprint density at radius 2 is 1.91 bits per heavy atom. The van der Waals surface area contributed by atoms with Crippen LogP contribution >= 0.6 is 11.8 Å². The zero-order valence-corrected chi connectivity index (χ0v) is 18.5. The van der Waals surface area contributed by atoms with Crippen LogP contribution in [0.2, 0.25) is 0 Å². The molecule has 0 spiro atoms. The molecular weight excluding hydrogens is 448 g/mol. The Hall–Kier alpha value is -3.73. The molecule has 1 atom stereocenters. The van der Waals surface area contributed by atoms with Crippen molar-refractivity contribution in [1.29, 1.82) is 0 Å². The number of imide groups is 1. The zero-order chi connectivity index (χ0) is 23.5. The molecule has 0 saturated carbocycles. The van der Waals surface area contributed by atoms with E-state index in [2.05, 4.69) is 10.3 Å². The second-order valence-corrected chi connectivity index (χ2v) is 8.52. The van der Waals surface area contributed by atoms with Crippen LogP contribution in [0.4, 0.5) is 4.79 Å². The lowest BCUT2D eigenvalue weighted by Gasteiger charge is -2.14. The Balaban J connectivity index is 1.71. The molecule has 1 aromatic carbocycles. The number of aromatic nitrogens is 3. The summed E-state index contributed by atoms with van der Waals surface area (Å²) in [6.45, 7) is 1.36. The lowest BCUT2D eigenvalue weighted by atomic mass is 10.1. The number of hydrogen-bond acceptors (Lipinski definition) is 8. The summed E-state index contributed by atoms with van der Waals surface area (Å²) in [7, 11) is 0. The highest BCUT2D eigenvalue weighted by Crippen LogP contribution is 2.23. The number of benzene rings is 1. The third kappa shape index (κ3) is 4.72. The molecule has 0 aliphatic carbocycles. The first kappa shape index (κ1) is 22.5. The minimum absolute atomic E-state index is 0.0895. The lowest BCUT2D eigenvalue weighted by molar-refractivity contribution is -0.144. The average molecular weight is 468 g/mol. The molecule has 4 rings (SSSR count). The van der Waals surface area contributed by atoms with Gasteiger partial charge in [-0.1, -0.05) is 36.0 Å². The van der Waals surface area contributed by atoms with Crippen molar-refractivity contribution < 1.29 is 19.1 Å². The van der Waals surface area contributed by atoms with E-state index >= 15 is 0 Å². The molecule has 1 aliphatic rings. The van der Waals surface area contributed by atoms with Crippen molar-refractivity contribution in [3.8, 4) is 0 Å². The Bertz CT molecular complexity index is 1380. The van der Waals surface area contributed by atoms with E-state index in [9.17, 15) is 24.0 Å². The number of ether oxygens (including phenoxy) is 1. The molecule has 1 fully saturated rings. The predicted molar refractivity (Wildman–Crippen MR) is 121 cm³/mol. The van der Waals surface area contributed by atoms with Gasteiger partial charge in [0.2, 0.25) is 5.91 Å². The van der Waals surface area contributed by atoms with Gasteiger partial charge in [-0.25, -0.2) is 14.3 Å². The number of carbonyl (C=O) groups is 3. The largest absolute Gasteiger partial charge is 0.465 e. The normalized spacial score (nSPS) is 15.6. The summed E-state index contributed by atoms with van der Waals surface area (Å²) in [6.07, 6.45) is 1.84. The Labute approximate surface area is 191 Å². The number of carbonyl (C=O) groups excluding carboxylic acids is 3. The van der Waals surface area contributed by atoms with Crippen molar-refractivity contribution in [2.24, 2.45) is 0 Å². The maximum absolute atomic E-state index is 13.2. The van der Waals surface area contributed by atoms with E-state index in [0.29, 0.717) is 6.42 Å². The van der Waals surface area contributed by atoms with Crippen molar-refractivity contribution in [2.45, 2.75) is 31.7 Å². The number of hydrogen-bond donors (Lipinski definition) is 1. The van der Waals surface area contributed by atoms with Gasteiger partial charge in [-0.3, -0.25) is 29.1 Å². The first-order chi connectivity index (χ1) is 15.9. The molecule has 170 valence electrons. The molecule has 33 heavy (non-hydrogen) atoms. The second kappa shape index (κ2) is 9.41. The molecule has 1 saturated heterocycles. The van der Waals surface area contributed by atoms with E-state index in [1.807, 2.05) is 12.1 Å². The summed E-state index contributed by atoms with van der Waals surface area (Å²) in [5.74, 6) is -1.01. The molecule has 3 aromatic rings. The van der Waals surface area contributed by atoms with E-state index in [4.69, 9.17) is 4.74 Å². The van der Waals surface area contributed by atoms with Gasteiger partial charge in [0.15, 0.2) is 0 Å². The number of amides is 2. The quantitative estimate of drug-likeness (QED) is 0.510. The minimum Gasteiger partial charge on any atom is -0.465 e. The summed E-state index contributed by atoms with van der Waals surface area (Å²) >= 11 is 0.949. The van der Waals surface area contributed by atoms with Crippen molar-refractivity contribution in [1.82, 2.24) is 19.4 Å². The highest BCUT2D eigenvalue weighted by atomic mass is 32.2. The molecule has 1 unspecified atom stereocenters. The summed E-state index contributed by atoms with van der Waals surface area (Å²) in [4.78, 5) is 65.5. The lowest BCUT2D eigenvalue weighted by Crippen LogP contribution is -2.42. The number of esters is 1. The fourth-order valence-electron chi connectivity index (χ4n) is 3.64. The molecular formula is C22H20N4O6S. The average Bonchev–Trinajstić information content (AvgIpc) is 3.11. The highest BCUT2D eigenvalue weighted by molar-refractivity contribution is 8.15. The van der Waals surface area contributed by atoms with Crippen molar-refractivity contribution >= 4 is 39.9 Å². The van der Waals surface area contributed by atoms with Crippen LogP contribution < -0.4 is 16.6 Å². The number of thioether (sulfide) groups is 1. The standard InChI is InChI=1S/C22H20N4O6S/c1-2-32-17(27)12-26-20(29)15-7-4-8-23-18(15)25(22(26)31)11-14-6-3-5-13(9-14)10-16-19(28)24-21(30)33-16/h3-9,16H,2,10-12H2,1H3,(H,24,28,30). The molecule has 10 nitrogen and oxygen atoms in total. The van der Waals surface area contributed by atoms with E-state index in [0.717, 1.165) is 27.5 Å². The maximum Gasteiger partial charge on any atom is 0.333 e. The van der Waals surface area contributed by atoms with Crippen LogP contribution in [0.3, 0.4) is 0 Å². The Kier molecular flexibility index (Phi) is 6.40. The van der Waals surface area contributed by atoms with Gasteiger partial charge in [-0.05, 0) is 36.6 Å². The number of pyridine rings is 1. The fraction of sp³-hybridized carbons (Fsp3) is 0.273. The number of rotatable bonds is 7. The van der Waals surface area contributed by atoms with Gasteiger partial charge >= 0.3 is 11.7 Å². The first-order valence-corrected chi connectivity index (χ1v) is 11.1. The molecule has 0 bridgehead atoms. The van der Waals surface area contributed by atoms with Crippen molar-refractivity contribution in [2.75, 3.05) is 6.61 Å². The van der Waals surface area contributed by atoms with Gasteiger partial charge in [0, 0.05) is 6.20 Å². The smallest absolute Gasteiger partial charge is 0.333 e. The van der Waals surface area contributed by atoms with Crippen molar-refractivity contribution in [3.05, 3.63) is 74.6 Å². The summed E-state index contributed by atoms with van der Waals surface area (Å²) in [5.41, 5.74) is 0.461. The monoisotopic (exact) mass is 468 g/mol. The first-order valence-electron chi connectivity index (χ1n) is 10.2. The van der Waals surface area contributed by atoms with Crippen molar-refractivity contribution in [3.63, 3.8) is 0 Å². The van der Waals surface area contributed by atoms with E-state index in [-0.39, 0.29) is 35.3 Å². The summed E-state index contributed by atoms with van der Waals surface area (Å²) < 4.78 is 7.07. The molecule has 11 heteroatoms. The van der Waals surface area contributed by atoms with Gasteiger partial charge in [0.25, 0.3) is 10.8 Å². The summed E-state index contributed by atoms with van der Waals surface area (Å²) in [6, 6.07) is 10.4. The zero-order valence-electron chi connectivity index (χ0n) is 17.6. The van der Waals surface area contributed by atoms with Gasteiger partial charge in [-0.2, -0.15) is 0 Å². The van der Waals surface area contributed by atoms with Crippen LogP contribution in [0.1, 0.15) is 18.1 Å². The van der Waals surface area contributed by atoms with Crippen LogP contribution in [0.15, 0.2) is 52.2 Å². The number of fused-ring (bicyclic) bond motifs is 1. The van der Waals surface area contributed by atoms with Gasteiger partial charge in [0.1, 0.15) is 12.2 Å². The molecule has 2 aromatic heterocycles. The molecule has 1 N–H and O–H groups in total. The van der Waals surface area contributed by atoms with Crippen LogP contribution in [0.25, 0.3) is 11.0 Å². The molecule has 1 aliphatic heterocycles. The second-order valence-electron chi connectivity index (χ2n) is 7.35. The highest BCUT2D eigenvalue weighted by Gasteiger charge is 2.31. The predicted octanol–water partition coefficient (Wildman–Crippen LogP) is 1.06. The van der Waals surface area contributed by atoms with Crippen LogP contribution in [0.5, 0.6) is 0 Å². The van der Waals surface area contributed by atoms with E-state index < -0.39 is 29.0 Å².